The first-order valence-electron chi connectivity index (χ1n) is 5.46. The van der Waals surface area contributed by atoms with Crippen molar-refractivity contribution in [2.24, 2.45) is 0 Å². The van der Waals surface area contributed by atoms with Crippen LogP contribution in [0.25, 0.3) is 0 Å². The summed E-state index contributed by atoms with van der Waals surface area (Å²) in [7, 11) is 0. The maximum atomic E-state index is 12.1. The second-order valence-corrected chi connectivity index (χ2v) is 5.34. The number of halogens is 2. The lowest BCUT2D eigenvalue weighted by atomic mass is 10.1. The van der Waals surface area contributed by atoms with Crippen molar-refractivity contribution in [3.05, 3.63) is 62.8 Å². The van der Waals surface area contributed by atoms with E-state index in [0.717, 1.165) is 11.3 Å². The molecule has 2 rings (SSSR count). The summed E-state index contributed by atoms with van der Waals surface area (Å²) in [5, 5.41) is 0.604. The Bertz CT molecular complexity index is 581. The predicted octanol–water partition coefficient (Wildman–Crippen LogP) is 4.23. The Kier molecular flexibility index (Phi) is 4.15. The van der Waals surface area contributed by atoms with Gasteiger partial charge in [0, 0.05) is 26.9 Å². The van der Waals surface area contributed by atoms with Crippen LogP contribution in [-0.2, 0) is 6.42 Å². The highest BCUT2D eigenvalue weighted by molar-refractivity contribution is 9.10. The molecule has 92 valence electrons. The van der Waals surface area contributed by atoms with E-state index in [9.17, 15) is 4.79 Å². The third-order valence-electron chi connectivity index (χ3n) is 2.55. The Morgan fingerprint density at radius 2 is 2.11 bits per heavy atom. The average molecular weight is 325 g/mol. The van der Waals surface area contributed by atoms with Gasteiger partial charge in [-0.15, -0.1) is 0 Å². The topological polar surface area (TPSA) is 30.0 Å². The molecule has 0 aliphatic carbocycles. The van der Waals surface area contributed by atoms with Crippen LogP contribution in [0.5, 0.6) is 0 Å². The Morgan fingerprint density at radius 1 is 1.33 bits per heavy atom. The minimum absolute atomic E-state index is 0.0231. The van der Waals surface area contributed by atoms with Gasteiger partial charge in [-0.2, -0.15) is 0 Å². The normalized spacial score (nSPS) is 10.4. The molecular weight excluding hydrogens is 314 g/mol. The first kappa shape index (κ1) is 13.2. The molecule has 1 aromatic carbocycles. The van der Waals surface area contributed by atoms with Crippen LogP contribution in [0, 0.1) is 6.92 Å². The number of rotatable bonds is 3. The third-order valence-corrected chi connectivity index (χ3v) is 3.44. The van der Waals surface area contributed by atoms with Crippen LogP contribution >= 0.6 is 27.5 Å². The smallest absolute Gasteiger partial charge is 0.169 e. The number of aryl methyl sites for hydroxylation is 1. The van der Waals surface area contributed by atoms with Gasteiger partial charge in [0.05, 0.1) is 6.42 Å². The van der Waals surface area contributed by atoms with Crippen LogP contribution in [0.2, 0.25) is 5.02 Å². The Hall–Kier alpha value is -1.19. The molecule has 2 aromatic rings. The molecule has 1 heterocycles. The third kappa shape index (κ3) is 3.18. The van der Waals surface area contributed by atoms with Gasteiger partial charge < -0.3 is 0 Å². The van der Waals surface area contributed by atoms with Gasteiger partial charge in [0.2, 0.25) is 0 Å². The molecule has 0 unspecified atom stereocenters. The number of Topliss-reactive ketones (excluding diaryl/α,β-unsaturated/α-hetero) is 1. The van der Waals surface area contributed by atoms with E-state index in [1.54, 1.807) is 24.4 Å². The first-order valence-corrected chi connectivity index (χ1v) is 6.63. The molecule has 0 saturated carbocycles. The summed E-state index contributed by atoms with van der Waals surface area (Å²) >= 11 is 9.19. The summed E-state index contributed by atoms with van der Waals surface area (Å²) in [6, 6.07) is 8.98. The molecule has 0 saturated heterocycles. The van der Waals surface area contributed by atoms with Crippen LogP contribution in [-0.4, -0.2) is 10.8 Å². The van der Waals surface area contributed by atoms with Crippen molar-refractivity contribution >= 4 is 33.3 Å². The minimum atomic E-state index is 0.0231. The number of benzene rings is 1. The number of carbonyl (C=O) groups excluding carboxylic acids is 1. The Balaban J connectivity index is 2.19. The summed E-state index contributed by atoms with van der Waals surface area (Å²) in [5.74, 6) is 0.0231. The van der Waals surface area contributed by atoms with Crippen molar-refractivity contribution in [1.82, 2.24) is 4.98 Å². The number of nitrogens with zero attached hydrogens (tertiary/aromatic N) is 1. The van der Waals surface area contributed by atoms with E-state index in [4.69, 9.17) is 11.6 Å². The average Bonchev–Trinajstić information content (AvgIpc) is 2.32. The lowest BCUT2D eigenvalue weighted by molar-refractivity contribution is 0.0991. The number of hydrogen-bond donors (Lipinski definition) is 0. The molecule has 2 nitrogen and oxygen atoms in total. The maximum absolute atomic E-state index is 12.1. The zero-order valence-corrected chi connectivity index (χ0v) is 12.1. The van der Waals surface area contributed by atoms with Gasteiger partial charge >= 0.3 is 0 Å². The zero-order valence-electron chi connectivity index (χ0n) is 9.78. The standard InChI is InChI=1S/C14H11BrClNO/c1-9-2-4-11(17-8-9)7-14(18)12-5-3-10(16)6-13(12)15/h2-6,8H,7H2,1H3. The van der Waals surface area contributed by atoms with Crippen molar-refractivity contribution in [1.29, 1.82) is 0 Å². The van der Waals surface area contributed by atoms with E-state index >= 15 is 0 Å². The molecule has 18 heavy (non-hydrogen) atoms. The highest BCUT2D eigenvalue weighted by Crippen LogP contribution is 2.22. The molecule has 0 atom stereocenters. The van der Waals surface area contributed by atoms with Gasteiger partial charge in [0.1, 0.15) is 0 Å². The SMILES string of the molecule is Cc1ccc(CC(=O)c2ccc(Cl)cc2Br)nc1. The largest absolute Gasteiger partial charge is 0.294 e. The fraction of sp³-hybridized carbons (Fsp3) is 0.143. The quantitative estimate of drug-likeness (QED) is 0.791. The van der Waals surface area contributed by atoms with Crippen molar-refractivity contribution < 1.29 is 4.79 Å². The molecule has 1 aromatic heterocycles. The van der Waals surface area contributed by atoms with Crippen molar-refractivity contribution in [2.75, 3.05) is 0 Å². The number of carbonyl (C=O) groups is 1. The van der Waals surface area contributed by atoms with Gasteiger partial charge in [0.15, 0.2) is 5.78 Å². The molecular formula is C14H11BrClNO. The van der Waals surface area contributed by atoms with E-state index in [0.29, 0.717) is 21.5 Å². The van der Waals surface area contributed by atoms with Gasteiger partial charge in [-0.1, -0.05) is 17.7 Å². The van der Waals surface area contributed by atoms with Crippen LogP contribution in [0.15, 0.2) is 41.0 Å². The number of pyridine rings is 1. The van der Waals surface area contributed by atoms with Crippen molar-refractivity contribution in [3.63, 3.8) is 0 Å². The van der Waals surface area contributed by atoms with Crippen LogP contribution < -0.4 is 0 Å². The summed E-state index contributed by atoms with van der Waals surface area (Å²) in [4.78, 5) is 16.3. The van der Waals surface area contributed by atoms with E-state index in [2.05, 4.69) is 20.9 Å². The number of aromatic nitrogens is 1. The summed E-state index contributed by atoms with van der Waals surface area (Å²) < 4.78 is 0.715. The minimum Gasteiger partial charge on any atom is -0.294 e. The second kappa shape index (κ2) is 5.63. The fourth-order valence-electron chi connectivity index (χ4n) is 1.58. The maximum Gasteiger partial charge on any atom is 0.169 e. The molecule has 0 aliphatic heterocycles. The predicted molar refractivity (Wildman–Crippen MR) is 76.2 cm³/mol. The highest BCUT2D eigenvalue weighted by Gasteiger charge is 2.11. The molecule has 0 N–H and O–H groups in total. The van der Waals surface area contributed by atoms with Crippen molar-refractivity contribution in [2.45, 2.75) is 13.3 Å². The molecule has 0 bridgehead atoms. The van der Waals surface area contributed by atoms with E-state index < -0.39 is 0 Å². The summed E-state index contributed by atoms with van der Waals surface area (Å²) in [6.45, 7) is 1.97. The van der Waals surface area contributed by atoms with Crippen LogP contribution in [0.1, 0.15) is 21.6 Å². The second-order valence-electron chi connectivity index (χ2n) is 4.05. The Labute approximate surface area is 119 Å². The zero-order chi connectivity index (χ0) is 13.1. The Morgan fingerprint density at radius 3 is 2.72 bits per heavy atom. The van der Waals surface area contributed by atoms with Gasteiger partial charge in [0.25, 0.3) is 0 Å². The first-order chi connectivity index (χ1) is 8.56. The van der Waals surface area contributed by atoms with Gasteiger partial charge in [-0.25, -0.2) is 0 Å². The highest BCUT2D eigenvalue weighted by atomic mass is 79.9. The number of ketones is 1. The van der Waals surface area contributed by atoms with Crippen LogP contribution in [0.4, 0.5) is 0 Å². The molecule has 0 fully saturated rings. The summed E-state index contributed by atoms with van der Waals surface area (Å²) in [6.07, 6.45) is 2.06. The van der Waals surface area contributed by atoms with Gasteiger partial charge in [-0.05, 0) is 52.7 Å². The molecule has 0 aliphatic rings. The molecule has 0 radical (unpaired) electrons. The fourth-order valence-corrected chi connectivity index (χ4v) is 2.48. The molecule has 4 heteroatoms. The molecule has 0 amide bonds. The lowest BCUT2D eigenvalue weighted by Crippen LogP contribution is -2.05. The number of hydrogen-bond acceptors (Lipinski definition) is 2. The van der Waals surface area contributed by atoms with E-state index in [1.807, 2.05) is 19.1 Å². The van der Waals surface area contributed by atoms with Crippen molar-refractivity contribution in [3.8, 4) is 0 Å². The lowest BCUT2D eigenvalue weighted by Gasteiger charge is -2.04. The summed E-state index contributed by atoms with van der Waals surface area (Å²) in [5.41, 5.74) is 2.48. The molecule has 0 spiro atoms. The van der Waals surface area contributed by atoms with E-state index in [-0.39, 0.29) is 5.78 Å². The van der Waals surface area contributed by atoms with E-state index in [1.165, 1.54) is 0 Å². The monoisotopic (exact) mass is 323 g/mol. The van der Waals surface area contributed by atoms with Crippen LogP contribution in [0.3, 0.4) is 0 Å². The van der Waals surface area contributed by atoms with Gasteiger partial charge in [-0.3, -0.25) is 9.78 Å².